The van der Waals surface area contributed by atoms with Gasteiger partial charge in [-0.3, -0.25) is 5.84 Å². The number of hydrogen-bond donors (Lipinski definition) is 2. The maximum atomic E-state index is 6.24. The van der Waals surface area contributed by atoms with Gasteiger partial charge in [0, 0.05) is 5.02 Å². The molecule has 1 aliphatic rings. The van der Waals surface area contributed by atoms with Crippen molar-refractivity contribution in [3.05, 3.63) is 64.7 Å². The van der Waals surface area contributed by atoms with Gasteiger partial charge in [0.2, 0.25) is 0 Å². The summed E-state index contributed by atoms with van der Waals surface area (Å²) in [4.78, 5) is 0. The van der Waals surface area contributed by atoms with Gasteiger partial charge in [-0.1, -0.05) is 41.9 Å². The molecule has 1 fully saturated rings. The molecule has 2 aromatic rings. The highest BCUT2D eigenvalue weighted by Crippen LogP contribution is 2.30. The van der Waals surface area contributed by atoms with Crippen molar-refractivity contribution in [2.45, 2.75) is 25.0 Å². The van der Waals surface area contributed by atoms with E-state index in [1.165, 1.54) is 0 Å². The Labute approximate surface area is 123 Å². The van der Waals surface area contributed by atoms with Gasteiger partial charge < -0.3 is 4.74 Å². The third-order valence-corrected chi connectivity index (χ3v) is 3.77. The normalized spacial score (nSPS) is 15.9. The highest BCUT2D eigenvalue weighted by atomic mass is 35.5. The highest BCUT2D eigenvalue weighted by molar-refractivity contribution is 6.31. The maximum absolute atomic E-state index is 6.24. The van der Waals surface area contributed by atoms with Crippen molar-refractivity contribution >= 4 is 11.6 Å². The highest BCUT2D eigenvalue weighted by Gasteiger charge is 2.23. The summed E-state index contributed by atoms with van der Waals surface area (Å²) in [7, 11) is 0. The molecule has 3 rings (SSSR count). The smallest absolute Gasteiger partial charge is 0.119 e. The van der Waals surface area contributed by atoms with Crippen molar-refractivity contribution in [2.75, 3.05) is 0 Å². The van der Waals surface area contributed by atoms with Crippen molar-refractivity contribution in [1.29, 1.82) is 0 Å². The number of rotatable bonds is 5. The SMILES string of the molecule is NNC(c1ccc(OC2CC2)cc1)c1ccccc1Cl. The van der Waals surface area contributed by atoms with E-state index in [0.717, 1.165) is 29.7 Å². The lowest BCUT2D eigenvalue weighted by Gasteiger charge is -2.18. The summed E-state index contributed by atoms with van der Waals surface area (Å²) in [6.45, 7) is 0. The fraction of sp³-hybridized carbons (Fsp3) is 0.250. The largest absolute Gasteiger partial charge is 0.490 e. The molecule has 4 heteroatoms. The summed E-state index contributed by atoms with van der Waals surface area (Å²) in [5, 5.41) is 0.703. The molecular formula is C16H17ClN2O. The van der Waals surface area contributed by atoms with Gasteiger partial charge in [-0.2, -0.15) is 0 Å². The number of hydrazine groups is 1. The van der Waals surface area contributed by atoms with Crippen LogP contribution in [0.5, 0.6) is 5.75 Å². The van der Waals surface area contributed by atoms with Gasteiger partial charge in [0.1, 0.15) is 5.75 Å². The summed E-state index contributed by atoms with van der Waals surface area (Å²) >= 11 is 6.24. The molecule has 0 aliphatic heterocycles. The molecule has 0 amide bonds. The zero-order chi connectivity index (χ0) is 13.9. The minimum atomic E-state index is -0.126. The summed E-state index contributed by atoms with van der Waals surface area (Å²) in [6.07, 6.45) is 2.73. The van der Waals surface area contributed by atoms with E-state index in [2.05, 4.69) is 5.43 Å². The van der Waals surface area contributed by atoms with Crippen LogP contribution in [0.2, 0.25) is 5.02 Å². The molecule has 1 atom stereocenters. The Morgan fingerprint density at radius 3 is 2.40 bits per heavy atom. The van der Waals surface area contributed by atoms with Crippen LogP contribution in [0.3, 0.4) is 0 Å². The summed E-state index contributed by atoms with van der Waals surface area (Å²) in [5.74, 6) is 6.60. The van der Waals surface area contributed by atoms with E-state index in [0.29, 0.717) is 11.1 Å². The lowest BCUT2D eigenvalue weighted by atomic mass is 9.99. The average molecular weight is 289 g/mol. The lowest BCUT2D eigenvalue weighted by Crippen LogP contribution is -2.29. The molecule has 1 aliphatic carbocycles. The van der Waals surface area contributed by atoms with Crippen molar-refractivity contribution in [2.24, 2.45) is 5.84 Å². The number of halogens is 1. The van der Waals surface area contributed by atoms with E-state index >= 15 is 0 Å². The van der Waals surface area contributed by atoms with Gasteiger partial charge in [-0.15, -0.1) is 0 Å². The van der Waals surface area contributed by atoms with Crippen molar-refractivity contribution in [3.63, 3.8) is 0 Å². The Bertz CT molecular complexity index is 581. The van der Waals surface area contributed by atoms with Gasteiger partial charge in [0.05, 0.1) is 12.1 Å². The lowest BCUT2D eigenvalue weighted by molar-refractivity contribution is 0.303. The zero-order valence-electron chi connectivity index (χ0n) is 11.1. The minimum Gasteiger partial charge on any atom is -0.490 e. The Morgan fingerprint density at radius 1 is 1.10 bits per heavy atom. The van der Waals surface area contributed by atoms with Gasteiger partial charge in [-0.25, -0.2) is 5.43 Å². The third-order valence-electron chi connectivity index (χ3n) is 3.42. The fourth-order valence-electron chi connectivity index (χ4n) is 2.19. The first-order valence-electron chi connectivity index (χ1n) is 6.75. The number of nitrogens with two attached hydrogens (primary N) is 1. The molecule has 1 saturated carbocycles. The summed E-state index contributed by atoms with van der Waals surface area (Å²) in [6, 6.07) is 15.6. The van der Waals surface area contributed by atoms with Crippen LogP contribution in [-0.4, -0.2) is 6.10 Å². The monoisotopic (exact) mass is 288 g/mol. The van der Waals surface area contributed by atoms with Crippen LogP contribution >= 0.6 is 11.6 Å². The van der Waals surface area contributed by atoms with Crippen molar-refractivity contribution in [1.82, 2.24) is 5.43 Å². The molecular weight excluding hydrogens is 272 g/mol. The summed E-state index contributed by atoms with van der Waals surface area (Å²) in [5.41, 5.74) is 4.85. The Hall–Kier alpha value is -1.55. The molecule has 2 aromatic carbocycles. The molecule has 0 heterocycles. The molecule has 104 valence electrons. The minimum absolute atomic E-state index is 0.126. The second-order valence-corrected chi connectivity index (χ2v) is 5.41. The standard InChI is InChI=1S/C16H17ClN2O/c17-15-4-2-1-3-14(15)16(19-18)11-5-7-12(8-6-11)20-13-9-10-13/h1-8,13,16,19H,9-10,18H2. The van der Waals surface area contributed by atoms with Crippen LogP contribution in [0.1, 0.15) is 30.0 Å². The Kier molecular flexibility index (Phi) is 3.92. The van der Waals surface area contributed by atoms with Crippen molar-refractivity contribution in [3.8, 4) is 5.75 Å². The topological polar surface area (TPSA) is 47.3 Å². The van der Waals surface area contributed by atoms with Crippen LogP contribution in [0, 0.1) is 0 Å². The Morgan fingerprint density at radius 2 is 1.80 bits per heavy atom. The van der Waals surface area contributed by atoms with Crippen LogP contribution in [0.4, 0.5) is 0 Å². The van der Waals surface area contributed by atoms with Gasteiger partial charge in [-0.05, 0) is 42.2 Å². The quantitative estimate of drug-likeness (QED) is 0.654. The predicted octanol–water partition coefficient (Wildman–Crippen LogP) is 3.43. The first-order chi connectivity index (χ1) is 9.78. The second-order valence-electron chi connectivity index (χ2n) is 5.01. The second kappa shape index (κ2) is 5.83. The van der Waals surface area contributed by atoms with Gasteiger partial charge >= 0.3 is 0 Å². The molecule has 0 bridgehead atoms. The molecule has 20 heavy (non-hydrogen) atoms. The first kappa shape index (κ1) is 13.4. The fourth-order valence-corrected chi connectivity index (χ4v) is 2.44. The molecule has 0 radical (unpaired) electrons. The van der Waals surface area contributed by atoms with Gasteiger partial charge in [0.25, 0.3) is 0 Å². The number of ether oxygens (including phenoxy) is 1. The van der Waals surface area contributed by atoms with E-state index < -0.39 is 0 Å². The van der Waals surface area contributed by atoms with E-state index in [4.69, 9.17) is 22.2 Å². The molecule has 3 N–H and O–H groups in total. The van der Waals surface area contributed by atoms with E-state index in [1.54, 1.807) is 0 Å². The number of nitrogens with one attached hydrogen (secondary N) is 1. The van der Waals surface area contributed by atoms with E-state index in [9.17, 15) is 0 Å². The average Bonchev–Trinajstić information content (AvgIpc) is 3.27. The number of hydrogen-bond acceptors (Lipinski definition) is 3. The number of benzene rings is 2. The first-order valence-corrected chi connectivity index (χ1v) is 7.13. The van der Waals surface area contributed by atoms with Crippen LogP contribution in [0.15, 0.2) is 48.5 Å². The van der Waals surface area contributed by atoms with E-state index in [1.807, 2.05) is 48.5 Å². The van der Waals surface area contributed by atoms with E-state index in [-0.39, 0.29) is 6.04 Å². The predicted molar refractivity (Wildman–Crippen MR) is 80.7 cm³/mol. The van der Waals surface area contributed by atoms with Gasteiger partial charge in [0.15, 0.2) is 0 Å². The molecule has 0 saturated heterocycles. The summed E-state index contributed by atoms with van der Waals surface area (Å²) < 4.78 is 5.75. The van der Waals surface area contributed by atoms with Crippen LogP contribution < -0.4 is 16.0 Å². The molecule has 1 unspecified atom stereocenters. The zero-order valence-corrected chi connectivity index (χ0v) is 11.8. The third kappa shape index (κ3) is 2.96. The molecule has 0 spiro atoms. The Balaban J connectivity index is 1.83. The van der Waals surface area contributed by atoms with Crippen LogP contribution in [0.25, 0.3) is 0 Å². The maximum Gasteiger partial charge on any atom is 0.119 e. The van der Waals surface area contributed by atoms with Crippen LogP contribution in [-0.2, 0) is 0 Å². The van der Waals surface area contributed by atoms with Crippen molar-refractivity contribution < 1.29 is 4.74 Å². The molecule has 3 nitrogen and oxygen atoms in total. The molecule has 0 aromatic heterocycles.